The van der Waals surface area contributed by atoms with Gasteiger partial charge in [-0.15, -0.1) is 0 Å². The molecule has 1 heterocycles. The van der Waals surface area contributed by atoms with Crippen LogP contribution in [0.25, 0.3) is 0 Å². The van der Waals surface area contributed by atoms with Crippen molar-refractivity contribution in [2.45, 2.75) is 37.5 Å². The fourth-order valence-electron chi connectivity index (χ4n) is 3.73. The third-order valence-corrected chi connectivity index (χ3v) is 5.34. The molecule has 2 aromatic carbocycles. The van der Waals surface area contributed by atoms with Crippen molar-refractivity contribution in [3.05, 3.63) is 58.1 Å². The lowest BCUT2D eigenvalue weighted by atomic mass is 9.79. The summed E-state index contributed by atoms with van der Waals surface area (Å²) in [4.78, 5) is 23.3. The molecule has 0 aromatic heterocycles. The molecule has 29 heavy (non-hydrogen) atoms. The first kappa shape index (κ1) is 19.6. The summed E-state index contributed by atoms with van der Waals surface area (Å²) in [5, 5.41) is 1.99. The monoisotopic (exact) mass is 425 g/mol. The Morgan fingerprint density at radius 2 is 1.93 bits per heavy atom. The second kappa shape index (κ2) is 7.26. The average Bonchev–Trinajstić information content (AvgIpc) is 3.00. The fourth-order valence-corrected chi connectivity index (χ4v) is 3.95. The highest BCUT2D eigenvalue weighted by Crippen LogP contribution is 2.40. The van der Waals surface area contributed by atoms with Crippen molar-refractivity contribution in [2.75, 3.05) is 0 Å². The highest BCUT2D eigenvalue weighted by molar-refractivity contribution is 6.32. The Bertz CT molecular complexity index is 992. The van der Waals surface area contributed by atoms with Gasteiger partial charge in [-0.05, 0) is 60.7 Å². The largest absolute Gasteiger partial charge is 0.456 e. The summed E-state index contributed by atoms with van der Waals surface area (Å²) in [6.45, 7) is 0. The van der Waals surface area contributed by atoms with E-state index in [2.05, 4.69) is 5.32 Å². The van der Waals surface area contributed by atoms with E-state index in [9.17, 15) is 22.8 Å². The first-order valence-electron chi connectivity index (χ1n) is 8.91. The molecule has 5 nitrogen and oxygen atoms in total. The smallest absolute Gasteiger partial charge is 0.416 e. The SMILES string of the molecule is O=C1NC(=O)[C@H]([C@@H]2CCCc3cc(Oc4ccc(C(F)(F)F)cc4Cl)ccc32)O1. The molecule has 1 aliphatic heterocycles. The lowest BCUT2D eigenvalue weighted by Crippen LogP contribution is -2.31. The first-order valence-corrected chi connectivity index (χ1v) is 9.29. The number of aryl methyl sites for hydroxylation is 1. The van der Waals surface area contributed by atoms with Crippen LogP contribution < -0.4 is 10.1 Å². The standard InChI is InChI=1S/C20H15ClF3NO4/c21-15-9-11(20(22,23)24)4-7-16(15)28-12-5-6-13-10(8-12)2-1-3-14(13)17-18(26)25-19(27)29-17/h4-9,14,17H,1-3H2,(H,25,26,27)/t14-,17+/m1/s1. The Labute approximate surface area is 168 Å². The van der Waals surface area contributed by atoms with Crippen LogP contribution in [0.3, 0.4) is 0 Å². The predicted molar refractivity (Wildman–Crippen MR) is 97.1 cm³/mol. The van der Waals surface area contributed by atoms with Crippen LogP contribution in [-0.4, -0.2) is 18.1 Å². The van der Waals surface area contributed by atoms with E-state index >= 15 is 0 Å². The van der Waals surface area contributed by atoms with Crippen molar-refractivity contribution in [2.24, 2.45) is 0 Å². The minimum atomic E-state index is -4.49. The molecule has 2 aliphatic rings. The van der Waals surface area contributed by atoms with Crippen LogP contribution in [0.5, 0.6) is 11.5 Å². The van der Waals surface area contributed by atoms with E-state index < -0.39 is 29.8 Å². The number of alkyl halides is 3. The van der Waals surface area contributed by atoms with Crippen molar-refractivity contribution in [1.29, 1.82) is 0 Å². The minimum absolute atomic E-state index is 0.107. The second-order valence-corrected chi connectivity index (χ2v) is 7.33. The Morgan fingerprint density at radius 3 is 2.59 bits per heavy atom. The van der Waals surface area contributed by atoms with Crippen LogP contribution in [0.1, 0.15) is 35.4 Å². The summed E-state index contributed by atoms with van der Waals surface area (Å²) in [5.41, 5.74) is 0.960. The lowest BCUT2D eigenvalue weighted by molar-refractivity contribution is -0.137. The van der Waals surface area contributed by atoms with Gasteiger partial charge in [-0.1, -0.05) is 17.7 Å². The number of fused-ring (bicyclic) bond motifs is 1. The average molecular weight is 426 g/mol. The number of hydrogen-bond acceptors (Lipinski definition) is 4. The number of carbonyl (C=O) groups is 2. The Kier molecular flexibility index (Phi) is 4.90. The van der Waals surface area contributed by atoms with Crippen LogP contribution >= 0.6 is 11.6 Å². The third kappa shape index (κ3) is 3.89. The number of nitrogens with one attached hydrogen (secondary N) is 1. The second-order valence-electron chi connectivity index (χ2n) is 6.92. The fraction of sp³-hybridized carbons (Fsp3) is 0.300. The summed E-state index contributed by atoms with van der Waals surface area (Å²) in [5.74, 6) is -0.186. The van der Waals surface area contributed by atoms with Crippen molar-refractivity contribution < 1.29 is 32.2 Å². The maximum Gasteiger partial charge on any atom is 0.416 e. The molecule has 9 heteroatoms. The van der Waals surface area contributed by atoms with Crippen LogP contribution in [-0.2, 0) is 22.1 Å². The van der Waals surface area contributed by atoms with Gasteiger partial charge in [-0.25, -0.2) is 4.79 Å². The van der Waals surface area contributed by atoms with Crippen molar-refractivity contribution in [1.82, 2.24) is 5.32 Å². The molecule has 2 atom stereocenters. The number of alkyl carbamates (subject to hydrolysis) is 1. The Hall–Kier alpha value is -2.74. The molecule has 0 radical (unpaired) electrons. The number of cyclic esters (lactones) is 1. The molecule has 2 aromatic rings. The maximum atomic E-state index is 12.8. The topological polar surface area (TPSA) is 64.6 Å². The zero-order valence-electron chi connectivity index (χ0n) is 14.9. The zero-order valence-corrected chi connectivity index (χ0v) is 15.6. The van der Waals surface area contributed by atoms with Gasteiger partial charge in [0, 0.05) is 5.92 Å². The van der Waals surface area contributed by atoms with E-state index in [1.165, 1.54) is 6.07 Å². The highest BCUT2D eigenvalue weighted by Gasteiger charge is 2.41. The molecule has 1 aliphatic carbocycles. The normalized spacial score (nSPS) is 21.4. The predicted octanol–water partition coefficient (Wildman–Crippen LogP) is 5.21. The van der Waals surface area contributed by atoms with Gasteiger partial charge in [-0.2, -0.15) is 13.2 Å². The number of amides is 2. The van der Waals surface area contributed by atoms with E-state index in [-0.39, 0.29) is 16.7 Å². The number of benzene rings is 2. The van der Waals surface area contributed by atoms with Gasteiger partial charge in [0.15, 0.2) is 6.10 Å². The van der Waals surface area contributed by atoms with Gasteiger partial charge in [-0.3, -0.25) is 10.1 Å². The Morgan fingerprint density at radius 1 is 1.14 bits per heavy atom. The lowest BCUT2D eigenvalue weighted by Gasteiger charge is -2.28. The van der Waals surface area contributed by atoms with E-state index in [0.717, 1.165) is 36.1 Å². The molecule has 1 N–H and O–H groups in total. The summed E-state index contributed by atoms with van der Waals surface area (Å²) < 4.78 is 49.1. The molecular weight excluding hydrogens is 411 g/mol. The molecule has 152 valence electrons. The molecule has 1 saturated heterocycles. The summed E-state index contributed by atoms with van der Waals surface area (Å²) >= 11 is 5.95. The number of halogens is 4. The van der Waals surface area contributed by atoms with Crippen molar-refractivity contribution in [3.8, 4) is 11.5 Å². The van der Waals surface area contributed by atoms with E-state index in [1.807, 2.05) is 0 Å². The van der Waals surface area contributed by atoms with Crippen LogP contribution in [0, 0.1) is 0 Å². The van der Waals surface area contributed by atoms with E-state index in [1.54, 1.807) is 18.2 Å². The summed E-state index contributed by atoms with van der Waals surface area (Å²) in [6, 6.07) is 8.10. The molecule has 4 rings (SSSR count). The summed E-state index contributed by atoms with van der Waals surface area (Å²) in [7, 11) is 0. The molecule has 0 bridgehead atoms. The van der Waals surface area contributed by atoms with Gasteiger partial charge in [0.1, 0.15) is 11.5 Å². The molecule has 0 spiro atoms. The molecular formula is C20H15ClF3NO4. The number of carbonyl (C=O) groups excluding carboxylic acids is 2. The number of hydrogen-bond donors (Lipinski definition) is 1. The number of ether oxygens (including phenoxy) is 2. The zero-order chi connectivity index (χ0) is 20.8. The summed E-state index contributed by atoms with van der Waals surface area (Å²) in [6.07, 6.45) is -3.86. The van der Waals surface area contributed by atoms with E-state index in [4.69, 9.17) is 21.1 Å². The third-order valence-electron chi connectivity index (χ3n) is 5.05. The molecule has 0 saturated carbocycles. The number of imide groups is 1. The first-order chi connectivity index (χ1) is 13.7. The van der Waals surface area contributed by atoms with Gasteiger partial charge >= 0.3 is 12.3 Å². The minimum Gasteiger partial charge on any atom is -0.456 e. The van der Waals surface area contributed by atoms with Crippen LogP contribution in [0.15, 0.2) is 36.4 Å². The van der Waals surface area contributed by atoms with Gasteiger partial charge in [0.05, 0.1) is 10.6 Å². The number of rotatable bonds is 3. The van der Waals surface area contributed by atoms with Crippen molar-refractivity contribution in [3.63, 3.8) is 0 Å². The van der Waals surface area contributed by atoms with Gasteiger partial charge in [0.25, 0.3) is 5.91 Å². The quantitative estimate of drug-likeness (QED) is 0.733. The van der Waals surface area contributed by atoms with Crippen LogP contribution in [0.4, 0.5) is 18.0 Å². The maximum absolute atomic E-state index is 12.8. The molecule has 0 unspecified atom stereocenters. The Balaban J connectivity index is 1.57. The highest BCUT2D eigenvalue weighted by atomic mass is 35.5. The van der Waals surface area contributed by atoms with Gasteiger partial charge < -0.3 is 9.47 Å². The van der Waals surface area contributed by atoms with E-state index in [0.29, 0.717) is 12.2 Å². The van der Waals surface area contributed by atoms with Crippen molar-refractivity contribution >= 4 is 23.6 Å². The molecule has 2 amide bonds. The molecule has 1 fully saturated rings. The van der Waals surface area contributed by atoms with Gasteiger partial charge in [0.2, 0.25) is 0 Å². The van der Waals surface area contributed by atoms with Crippen LogP contribution in [0.2, 0.25) is 5.02 Å².